The summed E-state index contributed by atoms with van der Waals surface area (Å²) in [5.41, 5.74) is 0. The molecule has 4 heteroatoms. The fourth-order valence-corrected chi connectivity index (χ4v) is 2.35. The van der Waals surface area contributed by atoms with E-state index in [1.165, 1.54) is 0 Å². The van der Waals surface area contributed by atoms with Crippen LogP contribution in [0.15, 0.2) is 0 Å². The van der Waals surface area contributed by atoms with Crippen LogP contribution in [0.2, 0.25) is 0 Å². The van der Waals surface area contributed by atoms with Crippen LogP contribution in [0, 0.1) is 5.92 Å². The first kappa shape index (κ1) is 12.0. The van der Waals surface area contributed by atoms with Crippen molar-refractivity contribution in [1.29, 1.82) is 0 Å². The van der Waals surface area contributed by atoms with Crippen LogP contribution in [0.5, 0.6) is 0 Å². The molecule has 2 unspecified atom stereocenters. The highest BCUT2D eigenvalue weighted by molar-refractivity contribution is 8.00. The molecule has 82 valence electrons. The van der Waals surface area contributed by atoms with Crippen LogP contribution in [0.3, 0.4) is 0 Å². The molecule has 14 heavy (non-hydrogen) atoms. The van der Waals surface area contributed by atoms with Crippen LogP contribution >= 0.6 is 11.8 Å². The van der Waals surface area contributed by atoms with Gasteiger partial charge >= 0.3 is 0 Å². The summed E-state index contributed by atoms with van der Waals surface area (Å²) in [6.45, 7) is 3.58. The summed E-state index contributed by atoms with van der Waals surface area (Å²) in [4.78, 5) is 11.6. The molecular formula is C10H18O3S. The van der Waals surface area contributed by atoms with Gasteiger partial charge in [-0.2, -0.15) is 11.8 Å². The van der Waals surface area contributed by atoms with Gasteiger partial charge in [0.25, 0.3) is 0 Å². The Kier molecular flexibility index (Phi) is 5.52. The van der Waals surface area contributed by atoms with Crippen molar-refractivity contribution in [2.24, 2.45) is 5.92 Å². The molecule has 0 aromatic rings. The molecule has 0 aliphatic carbocycles. The van der Waals surface area contributed by atoms with E-state index in [1.807, 2.05) is 6.92 Å². The van der Waals surface area contributed by atoms with E-state index < -0.39 is 0 Å². The molecular weight excluding hydrogens is 200 g/mol. The molecule has 1 fully saturated rings. The zero-order valence-electron chi connectivity index (χ0n) is 8.57. The lowest BCUT2D eigenvalue weighted by atomic mass is 10.1. The van der Waals surface area contributed by atoms with Crippen molar-refractivity contribution in [3.63, 3.8) is 0 Å². The molecule has 0 aromatic heterocycles. The average Bonchev–Trinajstić information content (AvgIpc) is 2.67. The first-order valence-electron chi connectivity index (χ1n) is 5.07. The zero-order chi connectivity index (χ0) is 10.4. The summed E-state index contributed by atoms with van der Waals surface area (Å²) >= 11 is 1.63. The van der Waals surface area contributed by atoms with Crippen LogP contribution in [-0.4, -0.2) is 41.7 Å². The largest absolute Gasteiger partial charge is 0.396 e. The van der Waals surface area contributed by atoms with Gasteiger partial charge in [-0.05, 0) is 12.8 Å². The van der Waals surface area contributed by atoms with E-state index >= 15 is 0 Å². The first-order valence-corrected chi connectivity index (χ1v) is 6.12. The van der Waals surface area contributed by atoms with Crippen molar-refractivity contribution in [3.05, 3.63) is 0 Å². The van der Waals surface area contributed by atoms with Gasteiger partial charge in [0.15, 0.2) is 0 Å². The lowest BCUT2D eigenvalue weighted by Gasteiger charge is -2.10. The summed E-state index contributed by atoms with van der Waals surface area (Å²) in [6, 6.07) is 0. The number of aliphatic hydroxyl groups excluding tert-OH is 1. The number of hydrogen-bond acceptors (Lipinski definition) is 4. The molecule has 2 atom stereocenters. The maximum absolute atomic E-state index is 11.6. The van der Waals surface area contributed by atoms with Crippen LogP contribution < -0.4 is 0 Å². The van der Waals surface area contributed by atoms with Gasteiger partial charge < -0.3 is 9.84 Å². The lowest BCUT2D eigenvalue weighted by molar-refractivity contribution is -0.120. The molecule has 0 bridgehead atoms. The van der Waals surface area contributed by atoms with Gasteiger partial charge in [0, 0.05) is 24.4 Å². The predicted molar refractivity (Wildman–Crippen MR) is 57.6 cm³/mol. The van der Waals surface area contributed by atoms with Crippen molar-refractivity contribution in [2.75, 3.05) is 25.6 Å². The van der Waals surface area contributed by atoms with Crippen LogP contribution in [0.25, 0.3) is 0 Å². The third-order valence-electron chi connectivity index (χ3n) is 2.43. The second kappa shape index (κ2) is 6.43. The van der Waals surface area contributed by atoms with Gasteiger partial charge in [-0.1, -0.05) is 6.92 Å². The van der Waals surface area contributed by atoms with Gasteiger partial charge in [-0.25, -0.2) is 0 Å². The van der Waals surface area contributed by atoms with E-state index in [2.05, 4.69) is 0 Å². The third-order valence-corrected chi connectivity index (χ3v) is 3.69. The number of hydrogen-bond donors (Lipinski definition) is 1. The summed E-state index contributed by atoms with van der Waals surface area (Å²) < 4.78 is 5.16. The predicted octanol–water partition coefficient (Wildman–Crippen LogP) is 1.10. The zero-order valence-corrected chi connectivity index (χ0v) is 9.39. The summed E-state index contributed by atoms with van der Waals surface area (Å²) in [5.74, 6) is 0.996. The first-order chi connectivity index (χ1) is 6.74. The molecule has 1 aliphatic heterocycles. The highest BCUT2D eigenvalue weighted by Gasteiger charge is 2.23. The number of ketones is 1. The minimum atomic E-state index is 0.129. The Morgan fingerprint density at radius 3 is 3.07 bits per heavy atom. The average molecular weight is 218 g/mol. The number of carbonyl (C=O) groups is 1. The van der Waals surface area contributed by atoms with E-state index in [1.54, 1.807) is 11.8 Å². The minimum absolute atomic E-state index is 0.129. The molecule has 0 radical (unpaired) electrons. The van der Waals surface area contributed by atoms with Crippen LogP contribution in [0.1, 0.15) is 19.8 Å². The third kappa shape index (κ3) is 3.98. The van der Waals surface area contributed by atoms with Crippen LogP contribution in [0.4, 0.5) is 0 Å². The van der Waals surface area contributed by atoms with Crippen molar-refractivity contribution in [2.45, 2.75) is 25.0 Å². The Bertz CT molecular complexity index is 178. The molecule has 1 heterocycles. The highest BCUT2D eigenvalue weighted by Crippen LogP contribution is 2.19. The number of rotatable bonds is 6. The summed E-state index contributed by atoms with van der Waals surface area (Å²) in [5, 5.41) is 9.06. The molecule has 1 N–H and O–H groups in total. The lowest BCUT2D eigenvalue weighted by Crippen LogP contribution is -2.18. The molecule has 0 spiro atoms. The van der Waals surface area contributed by atoms with E-state index in [9.17, 15) is 4.79 Å². The number of carbonyl (C=O) groups excluding carboxylic acids is 1. The van der Waals surface area contributed by atoms with Gasteiger partial charge in [0.2, 0.25) is 0 Å². The molecule has 0 amide bonds. The van der Waals surface area contributed by atoms with Gasteiger partial charge in [0.05, 0.1) is 12.4 Å². The quantitative estimate of drug-likeness (QED) is 0.725. The number of thioether (sulfide) groups is 1. The number of Topliss-reactive ketones (excluding diaryl/α,β-unsaturated/α-hetero) is 1. The van der Waals surface area contributed by atoms with Gasteiger partial charge in [0.1, 0.15) is 5.78 Å². The topological polar surface area (TPSA) is 46.5 Å². The molecule has 3 nitrogen and oxygen atoms in total. The Morgan fingerprint density at radius 1 is 1.71 bits per heavy atom. The molecule has 0 saturated carbocycles. The van der Waals surface area contributed by atoms with Crippen LogP contribution in [-0.2, 0) is 9.53 Å². The number of aliphatic hydroxyl groups is 1. The standard InChI is InChI=1S/C10H18O3S/c1-8(2-4-11)14-7-10(12)9-3-5-13-6-9/h8-9,11H,2-7H2,1H3. The monoisotopic (exact) mass is 218 g/mol. The molecule has 1 rings (SSSR count). The Morgan fingerprint density at radius 2 is 2.50 bits per heavy atom. The summed E-state index contributed by atoms with van der Waals surface area (Å²) in [6.07, 6.45) is 1.65. The second-order valence-electron chi connectivity index (χ2n) is 3.66. The van der Waals surface area contributed by atoms with E-state index in [0.29, 0.717) is 23.4 Å². The van der Waals surface area contributed by atoms with Crippen molar-refractivity contribution >= 4 is 17.5 Å². The van der Waals surface area contributed by atoms with E-state index in [0.717, 1.165) is 19.4 Å². The Balaban J connectivity index is 2.13. The molecule has 1 saturated heterocycles. The Labute approximate surface area is 89.2 Å². The van der Waals surface area contributed by atoms with E-state index in [-0.39, 0.29) is 12.5 Å². The van der Waals surface area contributed by atoms with Crippen molar-refractivity contribution in [1.82, 2.24) is 0 Å². The normalized spacial score (nSPS) is 23.7. The van der Waals surface area contributed by atoms with Gasteiger partial charge in [-0.3, -0.25) is 4.79 Å². The highest BCUT2D eigenvalue weighted by atomic mass is 32.2. The second-order valence-corrected chi connectivity index (χ2v) is 5.09. The maximum atomic E-state index is 11.6. The minimum Gasteiger partial charge on any atom is -0.396 e. The smallest absolute Gasteiger partial charge is 0.148 e. The van der Waals surface area contributed by atoms with Crippen molar-refractivity contribution in [3.8, 4) is 0 Å². The molecule has 1 aliphatic rings. The maximum Gasteiger partial charge on any atom is 0.148 e. The fraction of sp³-hybridized carbons (Fsp3) is 0.900. The van der Waals surface area contributed by atoms with E-state index in [4.69, 9.17) is 9.84 Å². The van der Waals surface area contributed by atoms with Gasteiger partial charge in [-0.15, -0.1) is 0 Å². The number of ether oxygens (including phenoxy) is 1. The Hall–Kier alpha value is -0.0600. The fourth-order valence-electron chi connectivity index (χ4n) is 1.40. The SMILES string of the molecule is CC(CCO)SCC(=O)C1CCOC1. The molecule has 0 aromatic carbocycles. The van der Waals surface area contributed by atoms with Crippen molar-refractivity contribution < 1.29 is 14.6 Å². The summed E-state index contributed by atoms with van der Waals surface area (Å²) in [7, 11) is 0.